The number of furan rings is 1. The van der Waals surface area contributed by atoms with Crippen LogP contribution in [-0.2, 0) is 5.41 Å². The average Bonchev–Trinajstić information content (AvgIpc) is 2.77. The van der Waals surface area contributed by atoms with Crippen LogP contribution >= 0.6 is 11.6 Å². The lowest BCUT2D eigenvalue weighted by atomic mass is 9.86. The molecule has 0 fully saturated rings. The molecule has 0 spiro atoms. The number of hydrogen-bond donors (Lipinski definition) is 0. The Bertz CT molecular complexity index is 794. The Hall–Kier alpha value is -1.80. The summed E-state index contributed by atoms with van der Waals surface area (Å²) in [6.45, 7) is 8.51. The molecule has 0 bridgehead atoms. The number of halogens is 1. The summed E-state index contributed by atoms with van der Waals surface area (Å²) in [6, 6.07) is 11.9. The molecule has 2 aromatic heterocycles. The maximum atomic E-state index is 5.97. The van der Waals surface area contributed by atoms with Crippen molar-refractivity contribution in [3.05, 3.63) is 52.7 Å². The SMILES string of the molecule is Cc1cc2nc(-c3ccc(Cl)cc3)cc(C(C)(C)C)c2o1. The Morgan fingerprint density at radius 1 is 1.05 bits per heavy atom. The predicted molar refractivity (Wildman–Crippen MR) is 87.9 cm³/mol. The van der Waals surface area contributed by atoms with Crippen LogP contribution in [0.25, 0.3) is 22.4 Å². The number of aromatic nitrogens is 1. The van der Waals surface area contributed by atoms with Gasteiger partial charge in [-0.15, -0.1) is 0 Å². The maximum absolute atomic E-state index is 5.97. The van der Waals surface area contributed by atoms with Crippen molar-refractivity contribution in [3.63, 3.8) is 0 Å². The summed E-state index contributed by atoms with van der Waals surface area (Å²) in [5.41, 5.74) is 4.97. The largest absolute Gasteiger partial charge is 0.459 e. The van der Waals surface area contributed by atoms with Gasteiger partial charge in [0.15, 0.2) is 5.58 Å². The quantitative estimate of drug-likeness (QED) is 0.571. The molecule has 0 aliphatic rings. The summed E-state index contributed by atoms with van der Waals surface area (Å²) < 4.78 is 5.85. The van der Waals surface area contributed by atoms with Crippen LogP contribution in [0.2, 0.25) is 5.02 Å². The second kappa shape index (κ2) is 4.88. The maximum Gasteiger partial charge on any atom is 0.156 e. The van der Waals surface area contributed by atoms with Crippen LogP contribution in [0.1, 0.15) is 32.1 Å². The van der Waals surface area contributed by atoms with E-state index in [-0.39, 0.29) is 5.41 Å². The minimum atomic E-state index is -0.00728. The van der Waals surface area contributed by atoms with E-state index in [4.69, 9.17) is 21.0 Å². The number of benzene rings is 1. The first kappa shape index (κ1) is 14.2. The van der Waals surface area contributed by atoms with E-state index in [0.717, 1.165) is 33.1 Å². The van der Waals surface area contributed by atoms with Crippen molar-refractivity contribution in [1.29, 1.82) is 0 Å². The van der Waals surface area contributed by atoms with Gasteiger partial charge in [0.2, 0.25) is 0 Å². The van der Waals surface area contributed by atoms with Crippen LogP contribution in [0.4, 0.5) is 0 Å². The van der Waals surface area contributed by atoms with E-state index in [0.29, 0.717) is 0 Å². The minimum absolute atomic E-state index is 0.00728. The molecule has 3 heteroatoms. The van der Waals surface area contributed by atoms with Crippen LogP contribution in [0.15, 0.2) is 40.8 Å². The van der Waals surface area contributed by atoms with Gasteiger partial charge in [-0.1, -0.05) is 44.5 Å². The molecule has 0 atom stereocenters. The number of pyridine rings is 1. The van der Waals surface area contributed by atoms with E-state index in [2.05, 4.69) is 26.8 Å². The van der Waals surface area contributed by atoms with E-state index in [1.165, 1.54) is 5.56 Å². The lowest BCUT2D eigenvalue weighted by molar-refractivity contribution is 0.542. The number of aryl methyl sites for hydroxylation is 1. The van der Waals surface area contributed by atoms with Crippen LogP contribution in [-0.4, -0.2) is 4.98 Å². The number of fused-ring (bicyclic) bond motifs is 1. The molecule has 0 N–H and O–H groups in total. The Kier molecular flexibility index (Phi) is 3.29. The third-order valence-electron chi connectivity index (χ3n) is 3.55. The first-order chi connectivity index (χ1) is 9.84. The monoisotopic (exact) mass is 299 g/mol. The molecule has 0 saturated carbocycles. The highest BCUT2D eigenvalue weighted by atomic mass is 35.5. The summed E-state index contributed by atoms with van der Waals surface area (Å²) in [4.78, 5) is 4.73. The van der Waals surface area contributed by atoms with E-state index in [1.54, 1.807) is 0 Å². The van der Waals surface area contributed by atoms with Gasteiger partial charge in [-0.3, -0.25) is 0 Å². The second-order valence-corrected chi connectivity index (χ2v) is 6.82. The van der Waals surface area contributed by atoms with Gasteiger partial charge in [0, 0.05) is 22.2 Å². The zero-order valence-electron chi connectivity index (χ0n) is 12.7. The summed E-state index contributed by atoms with van der Waals surface area (Å²) in [7, 11) is 0. The Morgan fingerprint density at radius 3 is 2.33 bits per heavy atom. The van der Waals surface area contributed by atoms with Crippen LogP contribution < -0.4 is 0 Å². The zero-order chi connectivity index (χ0) is 15.2. The van der Waals surface area contributed by atoms with Crippen molar-refractivity contribution in [2.75, 3.05) is 0 Å². The summed E-state index contributed by atoms with van der Waals surface area (Å²) in [6.07, 6.45) is 0. The standard InChI is InChI=1S/C18H18ClNO/c1-11-9-16-17(21-11)14(18(2,3)4)10-15(20-16)12-5-7-13(19)8-6-12/h5-10H,1-4H3. The van der Waals surface area contributed by atoms with Crippen molar-refractivity contribution in [2.45, 2.75) is 33.1 Å². The van der Waals surface area contributed by atoms with E-state index in [1.807, 2.05) is 37.3 Å². The van der Waals surface area contributed by atoms with E-state index in [9.17, 15) is 0 Å². The van der Waals surface area contributed by atoms with Gasteiger partial charge in [-0.05, 0) is 30.5 Å². The van der Waals surface area contributed by atoms with Crippen molar-refractivity contribution in [3.8, 4) is 11.3 Å². The van der Waals surface area contributed by atoms with Crippen molar-refractivity contribution in [2.24, 2.45) is 0 Å². The molecule has 0 unspecified atom stereocenters. The highest BCUT2D eigenvalue weighted by Crippen LogP contribution is 2.34. The topological polar surface area (TPSA) is 26.0 Å². The molecule has 1 aromatic carbocycles. The third-order valence-corrected chi connectivity index (χ3v) is 3.80. The fraction of sp³-hybridized carbons (Fsp3) is 0.278. The molecule has 2 nitrogen and oxygen atoms in total. The summed E-state index contributed by atoms with van der Waals surface area (Å²) in [5, 5.41) is 0.732. The Morgan fingerprint density at radius 2 is 1.71 bits per heavy atom. The molecule has 21 heavy (non-hydrogen) atoms. The van der Waals surface area contributed by atoms with E-state index >= 15 is 0 Å². The number of hydrogen-bond acceptors (Lipinski definition) is 2. The highest BCUT2D eigenvalue weighted by molar-refractivity contribution is 6.30. The molecule has 0 aliphatic heterocycles. The van der Waals surface area contributed by atoms with Gasteiger partial charge < -0.3 is 4.42 Å². The first-order valence-electron chi connectivity index (χ1n) is 7.02. The van der Waals surface area contributed by atoms with Crippen LogP contribution in [0.5, 0.6) is 0 Å². The Labute approximate surface area is 129 Å². The predicted octanol–water partition coefficient (Wildman–Crippen LogP) is 5.75. The molecular weight excluding hydrogens is 282 g/mol. The van der Waals surface area contributed by atoms with Gasteiger partial charge in [-0.25, -0.2) is 4.98 Å². The Balaban J connectivity index is 2.27. The molecule has 3 aromatic rings. The molecule has 0 amide bonds. The molecule has 2 heterocycles. The molecule has 0 radical (unpaired) electrons. The minimum Gasteiger partial charge on any atom is -0.459 e. The third kappa shape index (κ3) is 2.68. The fourth-order valence-corrected chi connectivity index (χ4v) is 2.59. The molecular formula is C18H18ClNO. The molecule has 0 saturated heterocycles. The first-order valence-corrected chi connectivity index (χ1v) is 7.40. The lowest BCUT2D eigenvalue weighted by Crippen LogP contribution is -2.12. The van der Waals surface area contributed by atoms with E-state index < -0.39 is 0 Å². The second-order valence-electron chi connectivity index (χ2n) is 6.38. The normalized spacial score (nSPS) is 12.0. The van der Waals surface area contributed by atoms with Crippen LogP contribution in [0.3, 0.4) is 0 Å². The fourth-order valence-electron chi connectivity index (χ4n) is 2.47. The van der Waals surface area contributed by atoms with Gasteiger partial charge in [0.1, 0.15) is 11.3 Å². The zero-order valence-corrected chi connectivity index (χ0v) is 13.5. The van der Waals surface area contributed by atoms with Gasteiger partial charge in [-0.2, -0.15) is 0 Å². The average molecular weight is 300 g/mol. The number of rotatable bonds is 1. The van der Waals surface area contributed by atoms with Gasteiger partial charge in [0.05, 0.1) is 5.69 Å². The van der Waals surface area contributed by atoms with Crippen molar-refractivity contribution < 1.29 is 4.42 Å². The van der Waals surface area contributed by atoms with Crippen LogP contribution in [0, 0.1) is 6.92 Å². The van der Waals surface area contributed by atoms with Crippen molar-refractivity contribution >= 4 is 22.7 Å². The summed E-state index contributed by atoms with van der Waals surface area (Å²) >= 11 is 5.97. The molecule has 3 rings (SSSR count). The summed E-state index contributed by atoms with van der Waals surface area (Å²) in [5.74, 6) is 0.885. The number of nitrogens with zero attached hydrogens (tertiary/aromatic N) is 1. The smallest absolute Gasteiger partial charge is 0.156 e. The van der Waals surface area contributed by atoms with Gasteiger partial charge >= 0.3 is 0 Å². The lowest BCUT2D eigenvalue weighted by Gasteiger charge is -2.20. The molecule has 108 valence electrons. The highest BCUT2D eigenvalue weighted by Gasteiger charge is 2.21. The van der Waals surface area contributed by atoms with Gasteiger partial charge in [0.25, 0.3) is 0 Å². The van der Waals surface area contributed by atoms with Crippen molar-refractivity contribution in [1.82, 2.24) is 4.98 Å². The molecule has 0 aliphatic carbocycles.